The quantitative estimate of drug-likeness (QED) is 0.699. The molecule has 80 valence electrons. The predicted molar refractivity (Wildman–Crippen MR) is 55.2 cm³/mol. The minimum absolute atomic E-state index is 0.237. The summed E-state index contributed by atoms with van der Waals surface area (Å²) < 4.78 is 0. The molecule has 2 fully saturated rings. The first kappa shape index (κ1) is 9.77. The van der Waals surface area contributed by atoms with E-state index in [2.05, 4.69) is 5.32 Å². The van der Waals surface area contributed by atoms with Gasteiger partial charge in [-0.15, -0.1) is 0 Å². The Labute approximate surface area is 85.2 Å². The number of carbonyl (C=O) groups excluding carboxylic acids is 1. The number of piperidine rings is 1. The van der Waals surface area contributed by atoms with Crippen LogP contribution < -0.4 is 5.32 Å². The van der Waals surface area contributed by atoms with Gasteiger partial charge in [0.25, 0.3) is 0 Å². The maximum atomic E-state index is 11.9. The van der Waals surface area contributed by atoms with Crippen LogP contribution in [0.25, 0.3) is 0 Å². The number of nitrogens with one attached hydrogen (secondary N) is 1. The molecule has 0 bridgehead atoms. The molecule has 2 heterocycles. The lowest BCUT2D eigenvalue weighted by atomic mass is 10.1. The fourth-order valence-corrected chi connectivity index (χ4v) is 2.33. The second-order valence-electron chi connectivity index (χ2n) is 4.06. The van der Waals surface area contributed by atoms with Gasteiger partial charge < -0.3 is 15.1 Å². The van der Waals surface area contributed by atoms with E-state index in [9.17, 15) is 4.79 Å². The van der Waals surface area contributed by atoms with Crippen LogP contribution >= 0.6 is 0 Å². The molecule has 0 unspecified atom stereocenters. The van der Waals surface area contributed by atoms with Crippen LogP contribution in [-0.2, 0) is 0 Å². The van der Waals surface area contributed by atoms with Crippen LogP contribution in [0.2, 0.25) is 0 Å². The summed E-state index contributed by atoms with van der Waals surface area (Å²) in [5.74, 6) is 0. The Morgan fingerprint density at radius 1 is 1.50 bits per heavy atom. The fourth-order valence-electron chi connectivity index (χ4n) is 2.33. The monoisotopic (exact) mass is 197 g/mol. The number of hydrogen-bond acceptors (Lipinski definition) is 2. The number of hydrogen-bond donors (Lipinski definition) is 1. The maximum absolute atomic E-state index is 11.9. The van der Waals surface area contributed by atoms with Gasteiger partial charge in [-0.2, -0.15) is 0 Å². The average Bonchev–Trinajstić information content (AvgIpc) is 2.61. The summed E-state index contributed by atoms with van der Waals surface area (Å²) in [6.45, 7) is 6.79. The van der Waals surface area contributed by atoms with Gasteiger partial charge in [-0.25, -0.2) is 4.79 Å². The molecule has 1 atom stereocenters. The summed E-state index contributed by atoms with van der Waals surface area (Å²) in [5, 5.41) is 3.35. The zero-order valence-electron chi connectivity index (χ0n) is 8.83. The van der Waals surface area contributed by atoms with Crippen LogP contribution in [0.15, 0.2) is 0 Å². The zero-order chi connectivity index (χ0) is 9.97. The fraction of sp³-hybridized carbons (Fsp3) is 0.900. The molecule has 4 nitrogen and oxygen atoms in total. The van der Waals surface area contributed by atoms with Crippen molar-refractivity contribution >= 4 is 6.03 Å². The van der Waals surface area contributed by atoms with Gasteiger partial charge in [0.05, 0.1) is 0 Å². The Balaban J connectivity index is 1.94. The Kier molecular flexibility index (Phi) is 2.91. The summed E-state index contributed by atoms with van der Waals surface area (Å²) in [6, 6.07) is 0.675. The second-order valence-corrected chi connectivity index (χ2v) is 4.06. The lowest BCUT2D eigenvalue weighted by Crippen LogP contribution is -2.47. The third-order valence-electron chi connectivity index (χ3n) is 3.22. The Morgan fingerprint density at radius 3 is 2.93 bits per heavy atom. The van der Waals surface area contributed by atoms with Crippen molar-refractivity contribution < 1.29 is 4.79 Å². The van der Waals surface area contributed by atoms with E-state index in [1.807, 2.05) is 16.7 Å². The van der Waals surface area contributed by atoms with Crippen LogP contribution in [0.4, 0.5) is 4.79 Å². The van der Waals surface area contributed by atoms with E-state index < -0.39 is 0 Å². The SMILES string of the molecule is CCN1CCN([C@H]2CCCNC2)C1=O. The van der Waals surface area contributed by atoms with Gasteiger partial charge in [0.1, 0.15) is 0 Å². The van der Waals surface area contributed by atoms with E-state index in [0.717, 1.165) is 39.1 Å². The molecule has 0 radical (unpaired) electrons. The van der Waals surface area contributed by atoms with Crippen molar-refractivity contribution in [2.45, 2.75) is 25.8 Å². The highest BCUT2D eigenvalue weighted by molar-refractivity contribution is 5.76. The van der Waals surface area contributed by atoms with Crippen LogP contribution in [0, 0.1) is 0 Å². The van der Waals surface area contributed by atoms with E-state index in [1.165, 1.54) is 6.42 Å². The van der Waals surface area contributed by atoms with Gasteiger partial charge in [-0.05, 0) is 26.3 Å². The molecule has 0 spiro atoms. The molecular weight excluding hydrogens is 178 g/mol. The van der Waals surface area contributed by atoms with Crippen molar-refractivity contribution in [3.8, 4) is 0 Å². The Bertz CT molecular complexity index is 213. The van der Waals surface area contributed by atoms with E-state index in [0.29, 0.717) is 6.04 Å². The number of carbonyl (C=O) groups is 1. The third kappa shape index (κ3) is 1.71. The van der Waals surface area contributed by atoms with Gasteiger partial charge in [-0.1, -0.05) is 0 Å². The second kappa shape index (κ2) is 4.17. The van der Waals surface area contributed by atoms with Crippen molar-refractivity contribution in [1.82, 2.24) is 15.1 Å². The van der Waals surface area contributed by atoms with Crippen molar-refractivity contribution in [3.05, 3.63) is 0 Å². The standard InChI is InChI=1S/C10H19N3O/c1-2-12-6-7-13(10(12)14)9-4-3-5-11-8-9/h9,11H,2-8H2,1H3/t9-/m0/s1. The van der Waals surface area contributed by atoms with Crippen LogP contribution in [0.5, 0.6) is 0 Å². The normalized spacial score (nSPS) is 28.6. The third-order valence-corrected chi connectivity index (χ3v) is 3.22. The molecule has 4 heteroatoms. The van der Waals surface area contributed by atoms with Gasteiger partial charge in [-0.3, -0.25) is 0 Å². The largest absolute Gasteiger partial charge is 0.323 e. The molecule has 2 rings (SSSR count). The summed E-state index contributed by atoms with van der Waals surface area (Å²) in [4.78, 5) is 15.8. The topological polar surface area (TPSA) is 35.6 Å². The molecule has 0 aromatic heterocycles. The lowest BCUT2D eigenvalue weighted by molar-refractivity contribution is 0.168. The van der Waals surface area contributed by atoms with Gasteiger partial charge in [0.15, 0.2) is 0 Å². The minimum Gasteiger partial charge on any atom is -0.323 e. The highest BCUT2D eigenvalue weighted by Gasteiger charge is 2.32. The van der Waals surface area contributed by atoms with Gasteiger partial charge >= 0.3 is 6.03 Å². The van der Waals surface area contributed by atoms with E-state index >= 15 is 0 Å². The summed E-state index contributed by atoms with van der Waals surface area (Å²) in [6.07, 6.45) is 2.36. The first-order chi connectivity index (χ1) is 6.83. The van der Waals surface area contributed by atoms with Crippen LogP contribution in [0.3, 0.4) is 0 Å². The lowest BCUT2D eigenvalue weighted by Gasteiger charge is -2.31. The first-order valence-corrected chi connectivity index (χ1v) is 5.59. The highest BCUT2D eigenvalue weighted by atomic mass is 16.2. The van der Waals surface area contributed by atoms with Crippen molar-refractivity contribution in [1.29, 1.82) is 0 Å². The van der Waals surface area contributed by atoms with Crippen molar-refractivity contribution in [3.63, 3.8) is 0 Å². The first-order valence-electron chi connectivity index (χ1n) is 5.59. The average molecular weight is 197 g/mol. The number of urea groups is 1. The highest BCUT2D eigenvalue weighted by Crippen LogP contribution is 2.16. The molecule has 0 aromatic rings. The summed E-state index contributed by atoms with van der Waals surface area (Å²) in [5.41, 5.74) is 0. The number of amides is 2. The maximum Gasteiger partial charge on any atom is 0.320 e. The minimum atomic E-state index is 0.237. The molecule has 0 saturated carbocycles. The molecule has 0 aromatic carbocycles. The predicted octanol–water partition coefficient (Wildman–Crippen LogP) is 0.496. The number of nitrogens with zero attached hydrogens (tertiary/aromatic N) is 2. The van der Waals surface area contributed by atoms with Crippen LogP contribution in [-0.4, -0.2) is 54.6 Å². The Morgan fingerprint density at radius 2 is 2.36 bits per heavy atom. The molecule has 14 heavy (non-hydrogen) atoms. The molecular formula is C10H19N3O. The van der Waals surface area contributed by atoms with Crippen molar-refractivity contribution in [2.75, 3.05) is 32.7 Å². The summed E-state index contributed by atoms with van der Waals surface area (Å²) in [7, 11) is 0. The molecule has 1 N–H and O–H groups in total. The zero-order valence-corrected chi connectivity index (χ0v) is 8.83. The van der Waals surface area contributed by atoms with E-state index in [1.54, 1.807) is 0 Å². The molecule has 2 aliphatic heterocycles. The van der Waals surface area contributed by atoms with Crippen molar-refractivity contribution in [2.24, 2.45) is 0 Å². The Hall–Kier alpha value is -0.770. The van der Waals surface area contributed by atoms with E-state index in [-0.39, 0.29) is 6.03 Å². The number of likely N-dealkylation sites (N-methyl/N-ethyl adjacent to an activating group) is 1. The van der Waals surface area contributed by atoms with Gasteiger partial charge in [0.2, 0.25) is 0 Å². The van der Waals surface area contributed by atoms with Crippen LogP contribution in [0.1, 0.15) is 19.8 Å². The smallest absolute Gasteiger partial charge is 0.320 e. The molecule has 2 amide bonds. The van der Waals surface area contributed by atoms with E-state index in [4.69, 9.17) is 0 Å². The molecule has 0 aliphatic carbocycles. The molecule has 2 aliphatic rings. The van der Waals surface area contributed by atoms with Gasteiger partial charge in [0, 0.05) is 32.2 Å². The molecule has 2 saturated heterocycles. The number of rotatable bonds is 2. The summed E-state index contributed by atoms with van der Waals surface area (Å²) >= 11 is 0.